The van der Waals surface area contributed by atoms with Crippen molar-refractivity contribution in [2.75, 3.05) is 13.1 Å². The topological polar surface area (TPSA) is 85.3 Å². The van der Waals surface area contributed by atoms with Gasteiger partial charge in [0.05, 0.1) is 13.1 Å². The van der Waals surface area contributed by atoms with Crippen LogP contribution in [0.25, 0.3) is 0 Å². The fourth-order valence-corrected chi connectivity index (χ4v) is 3.06. The number of amides is 1. The molecule has 142 valence electrons. The van der Waals surface area contributed by atoms with Crippen LogP contribution in [-0.2, 0) is 26.5 Å². The van der Waals surface area contributed by atoms with E-state index in [1.165, 1.54) is 0 Å². The van der Waals surface area contributed by atoms with Crippen LogP contribution in [0.4, 0.5) is 8.68 Å². The van der Waals surface area contributed by atoms with Gasteiger partial charge in [0.15, 0.2) is 0 Å². The molecule has 0 saturated carbocycles. The molecule has 27 heavy (non-hydrogen) atoms. The highest BCUT2D eigenvalue weighted by Crippen LogP contribution is 2.16. The third kappa shape index (κ3) is 5.04. The van der Waals surface area contributed by atoms with Gasteiger partial charge in [0.2, 0.25) is 5.90 Å². The average molecular weight is 392 g/mol. The van der Waals surface area contributed by atoms with E-state index < -0.39 is 29.2 Å². The van der Waals surface area contributed by atoms with E-state index in [1.807, 2.05) is 6.07 Å². The van der Waals surface area contributed by atoms with E-state index in [2.05, 4.69) is 4.99 Å². The summed E-state index contributed by atoms with van der Waals surface area (Å²) in [4.78, 5) is 16.3. The Morgan fingerprint density at radius 1 is 1.15 bits per heavy atom. The van der Waals surface area contributed by atoms with Crippen molar-refractivity contribution in [2.45, 2.75) is 12.7 Å². The molecule has 0 saturated heterocycles. The molecule has 2 aromatic rings. The molecule has 0 N–H and O–H groups in total. The lowest BCUT2D eigenvalue weighted by Crippen LogP contribution is -2.41. The molecule has 1 aliphatic rings. The van der Waals surface area contributed by atoms with Crippen molar-refractivity contribution >= 4 is 22.4 Å². The zero-order valence-corrected chi connectivity index (χ0v) is 15.0. The second kappa shape index (κ2) is 8.17. The van der Waals surface area contributed by atoms with E-state index >= 15 is 0 Å². The number of hydrogen-bond donors (Lipinski definition) is 0. The molecule has 0 aliphatic carbocycles. The molecule has 0 bridgehead atoms. The van der Waals surface area contributed by atoms with Gasteiger partial charge in [0.1, 0.15) is 12.7 Å². The van der Waals surface area contributed by atoms with Crippen LogP contribution in [0.5, 0.6) is 0 Å². The number of carbonyl (C=O) groups excluding carboxylic acids is 1. The molecule has 0 radical (unpaired) electrons. The van der Waals surface area contributed by atoms with Gasteiger partial charge in [-0.1, -0.05) is 52.4 Å². The Balaban J connectivity index is 1.62. The summed E-state index contributed by atoms with van der Waals surface area (Å²) in [6, 6.07) is 17.6. The first-order valence-electron chi connectivity index (χ1n) is 8.13. The lowest BCUT2D eigenvalue weighted by atomic mass is 10.2. The fourth-order valence-electron chi connectivity index (χ4n) is 2.48. The Hall–Kier alpha value is -2.94. The molecule has 1 atom stereocenters. The van der Waals surface area contributed by atoms with Crippen LogP contribution in [0.3, 0.4) is 0 Å². The van der Waals surface area contributed by atoms with E-state index in [-0.39, 0.29) is 17.5 Å². The Morgan fingerprint density at radius 2 is 1.78 bits per heavy atom. The van der Waals surface area contributed by atoms with Gasteiger partial charge < -0.3 is 9.47 Å². The summed E-state index contributed by atoms with van der Waals surface area (Å²) in [6.07, 6.45) is -2.10. The summed E-state index contributed by atoms with van der Waals surface area (Å²) in [5.74, 6) is 0.314. The highest BCUT2D eigenvalue weighted by atomic mass is 32.3. The van der Waals surface area contributed by atoms with Crippen molar-refractivity contribution in [3.63, 3.8) is 0 Å². The van der Waals surface area contributed by atoms with Crippen molar-refractivity contribution in [1.29, 1.82) is 0 Å². The molecule has 0 aromatic heterocycles. The smallest absolute Gasteiger partial charge is 0.426 e. The Labute approximate surface area is 156 Å². The summed E-state index contributed by atoms with van der Waals surface area (Å²) in [5, 5.41) is 0. The minimum atomic E-state index is -5.31. The van der Waals surface area contributed by atoms with Gasteiger partial charge in [-0.25, -0.2) is 9.79 Å². The van der Waals surface area contributed by atoms with Gasteiger partial charge in [0, 0.05) is 5.56 Å². The van der Waals surface area contributed by atoms with Crippen molar-refractivity contribution < 1.29 is 26.6 Å². The molecule has 9 heteroatoms. The summed E-state index contributed by atoms with van der Waals surface area (Å²) >= 11 is 0. The summed E-state index contributed by atoms with van der Waals surface area (Å²) < 4.78 is 46.9. The SMILES string of the molecule is O=C(OCc1ccccc1)N(C[C@@H]1CN=C(c2ccccc2)O1)S(=O)(=O)F. The standard InChI is InChI=1S/C18H17FN2O5S/c19-27(23,24)21(18(22)25-13-14-7-3-1-4-8-14)12-16-11-20-17(26-16)15-9-5-2-6-10-15/h1-10,16H,11-13H2/t16-/m0/s1. The number of carbonyl (C=O) groups is 1. The zero-order valence-electron chi connectivity index (χ0n) is 14.2. The molecule has 7 nitrogen and oxygen atoms in total. The van der Waals surface area contributed by atoms with E-state index in [0.717, 1.165) is 0 Å². The average Bonchev–Trinajstić information content (AvgIpc) is 3.14. The normalized spacial score (nSPS) is 16.3. The van der Waals surface area contributed by atoms with Gasteiger partial charge >= 0.3 is 16.5 Å². The number of nitrogens with zero attached hydrogens (tertiary/aromatic N) is 2. The third-order valence-electron chi connectivity index (χ3n) is 3.78. The number of rotatable bonds is 6. The first kappa shape index (κ1) is 18.8. The van der Waals surface area contributed by atoms with Crippen LogP contribution in [0, 0.1) is 0 Å². The van der Waals surface area contributed by atoms with Crippen LogP contribution in [0.15, 0.2) is 65.7 Å². The van der Waals surface area contributed by atoms with Crippen LogP contribution in [0.2, 0.25) is 0 Å². The van der Waals surface area contributed by atoms with Crippen LogP contribution in [0.1, 0.15) is 11.1 Å². The van der Waals surface area contributed by atoms with Crippen LogP contribution >= 0.6 is 0 Å². The van der Waals surface area contributed by atoms with Crippen molar-refractivity contribution in [3.8, 4) is 0 Å². The minimum absolute atomic E-state index is 0.0179. The predicted octanol–water partition coefficient (Wildman–Crippen LogP) is 2.69. The van der Waals surface area contributed by atoms with E-state index in [9.17, 15) is 17.1 Å². The van der Waals surface area contributed by atoms with Gasteiger partial charge in [-0.15, -0.1) is 0 Å². The Morgan fingerprint density at radius 3 is 2.41 bits per heavy atom. The largest absolute Gasteiger partial charge is 0.470 e. The summed E-state index contributed by atoms with van der Waals surface area (Å²) in [7, 11) is -5.31. The first-order chi connectivity index (χ1) is 12.9. The molecule has 1 amide bonds. The Kier molecular flexibility index (Phi) is 5.70. The van der Waals surface area contributed by atoms with Crippen LogP contribution < -0.4 is 0 Å². The van der Waals surface area contributed by atoms with E-state index in [0.29, 0.717) is 17.0 Å². The van der Waals surface area contributed by atoms with Gasteiger partial charge in [-0.3, -0.25) is 0 Å². The minimum Gasteiger partial charge on any atom is -0.470 e. The highest BCUT2D eigenvalue weighted by molar-refractivity contribution is 7.84. The number of benzene rings is 2. The molecule has 1 aliphatic heterocycles. The van der Waals surface area contributed by atoms with Gasteiger partial charge in [-0.05, 0) is 17.7 Å². The molecule has 0 spiro atoms. The number of ether oxygens (including phenoxy) is 2. The highest BCUT2D eigenvalue weighted by Gasteiger charge is 2.34. The molecule has 3 rings (SSSR count). The third-order valence-corrected chi connectivity index (χ3v) is 4.60. The van der Waals surface area contributed by atoms with E-state index in [1.54, 1.807) is 54.6 Å². The second-order valence-electron chi connectivity index (χ2n) is 5.77. The van der Waals surface area contributed by atoms with Crippen molar-refractivity contribution in [3.05, 3.63) is 71.8 Å². The lowest BCUT2D eigenvalue weighted by Gasteiger charge is -2.20. The summed E-state index contributed by atoms with van der Waals surface area (Å²) in [5.41, 5.74) is 1.36. The lowest BCUT2D eigenvalue weighted by molar-refractivity contribution is 0.104. The number of hydrogen-bond acceptors (Lipinski definition) is 6. The monoisotopic (exact) mass is 392 g/mol. The predicted molar refractivity (Wildman–Crippen MR) is 96.1 cm³/mol. The number of aliphatic imine (C=N–C) groups is 1. The molecular weight excluding hydrogens is 375 g/mol. The number of halogens is 1. The second-order valence-corrected chi connectivity index (χ2v) is 7.03. The zero-order chi connectivity index (χ0) is 19.3. The van der Waals surface area contributed by atoms with Crippen molar-refractivity contribution in [1.82, 2.24) is 4.31 Å². The maximum absolute atomic E-state index is 13.6. The maximum atomic E-state index is 13.6. The fraction of sp³-hybridized carbons (Fsp3) is 0.222. The quantitative estimate of drug-likeness (QED) is 0.706. The molecular formula is C18H17FN2O5S. The van der Waals surface area contributed by atoms with Gasteiger partial charge in [0.25, 0.3) is 0 Å². The molecule has 0 unspecified atom stereocenters. The molecule has 0 fully saturated rings. The molecule has 2 aromatic carbocycles. The van der Waals surface area contributed by atoms with Gasteiger partial charge in [-0.2, -0.15) is 12.7 Å². The van der Waals surface area contributed by atoms with Crippen molar-refractivity contribution in [2.24, 2.45) is 4.99 Å². The Bertz CT molecular complexity index is 919. The van der Waals surface area contributed by atoms with E-state index in [4.69, 9.17) is 9.47 Å². The maximum Gasteiger partial charge on any atom is 0.426 e. The molecule has 1 heterocycles. The first-order valence-corrected chi connectivity index (χ1v) is 9.47. The summed E-state index contributed by atoms with van der Waals surface area (Å²) in [6.45, 7) is -0.614. The van der Waals surface area contributed by atoms with Crippen LogP contribution in [-0.4, -0.2) is 43.9 Å².